The highest BCUT2D eigenvalue weighted by Gasteiger charge is 2.21. The van der Waals surface area contributed by atoms with Crippen molar-refractivity contribution in [1.29, 1.82) is 0 Å². The maximum atomic E-state index is 12.1. The minimum absolute atomic E-state index is 0.121. The molecule has 106 valence electrons. The molecule has 1 aromatic carbocycles. The lowest BCUT2D eigenvalue weighted by Gasteiger charge is -2.12. The maximum Gasteiger partial charge on any atom is 0.270 e. The van der Waals surface area contributed by atoms with Crippen molar-refractivity contribution >= 4 is 21.4 Å². The molecular formula is C11H17N3O4S. The van der Waals surface area contributed by atoms with E-state index in [4.69, 9.17) is 0 Å². The van der Waals surface area contributed by atoms with Gasteiger partial charge in [-0.3, -0.25) is 10.1 Å². The molecule has 0 atom stereocenters. The molecule has 0 aliphatic rings. The van der Waals surface area contributed by atoms with Crippen LogP contribution in [0.1, 0.15) is 13.8 Å². The highest BCUT2D eigenvalue weighted by molar-refractivity contribution is 7.89. The zero-order valence-corrected chi connectivity index (χ0v) is 11.8. The Morgan fingerprint density at radius 1 is 1.37 bits per heavy atom. The fraction of sp³-hybridized carbons (Fsp3) is 0.455. The molecule has 0 radical (unpaired) electrons. The molecule has 0 amide bonds. The summed E-state index contributed by atoms with van der Waals surface area (Å²) in [6.45, 7) is 4.01. The Morgan fingerprint density at radius 3 is 2.47 bits per heavy atom. The molecular weight excluding hydrogens is 270 g/mol. The molecule has 0 unspecified atom stereocenters. The van der Waals surface area contributed by atoms with E-state index in [9.17, 15) is 18.5 Å². The van der Waals surface area contributed by atoms with E-state index in [1.807, 2.05) is 13.8 Å². The summed E-state index contributed by atoms with van der Waals surface area (Å²) in [7, 11) is -2.21. The molecule has 0 saturated carbocycles. The van der Waals surface area contributed by atoms with Gasteiger partial charge in [0.2, 0.25) is 10.0 Å². The summed E-state index contributed by atoms with van der Waals surface area (Å²) in [5.41, 5.74) is 0.0609. The van der Waals surface area contributed by atoms with Gasteiger partial charge < -0.3 is 5.32 Å². The van der Waals surface area contributed by atoms with Gasteiger partial charge in [-0.2, -0.15) is 0 Å². The standard InChI is InChI=1S/C11H17N3O4S/c1-8(2)7-13-19(17,18)11-6-9(14(15)16)4-5-10(11)12-3/h4-6,8,12-13H,7H2,1-3H3. The molecule has 8 heteroatoms. The number of hydrogen-bond donors (Lipinski definition) is 2. The molecule has 0 spiro atoms. The number of sulfonamides is 1. The summed E-state index contributed by atoms with van der Waals surface area (Å²) in [4.78, 5) is 9.97. The van der Waals surface area contributed by atoms with Gasteiger partial charge in [0.15, 0.2) is 0 Å². The van der Waals surface area contributed by atoms with Crippen LogP contribution in [0.15, 0.2) is 23.1 Å². The molecule has 0 aliphatic heterocycles. The number of benzene rings is 1. The Bertz CT molecular complexity index is 569. The highest BCUT2D eigenvalue weighted by atomic mass is 32.2. The van der Waals surface area contributed by atoms with Crippen molar-refractivity contribution in [3.05, 3.63) is 28.3 Å². The van der Waals surface area contributed by atoms with E-state index in [0.717, 1.165) is 6.07 Å². The largest absolute Gasteiger partial charge is 0.387 e. The molecule has 1 aromatic rings. The summed E-state index contributed by atoms with van der Waals surface area (Å²) in [5.74, 6) is 0.145. The second-order valence-electron chi connectivity index (χ2n) is 4.43. The average Bonchev–Trinajstić information content (AvgIpc) is 2.35. The average molecular weight is 287 g/mol. The number of nitro groups is 1. The third kappa shape index (κ3) is 3.90. The molecule has 0 aliphatic carbocycles. The second-order valence-corrected chi connectivity index (χ2v) is 6.17. The zero-order chi connectivity index (χ0) is 14.6. The minimum Gasteiger partial charge on any atom is -0.387 e. The van der Waals surface area contributed by atoms with Gasteiger partial charge in [-0.05, 0) is 12.0 Å². The lowest BCUT2D eigenvalue weighted by atomic mass is 10.2. The molecule has 0 saturated heterocycles. The van der Waals surface area contributed by atoms with Crippen molar-refractivity contribution in [1.82, 2.24) is 4.72 Å². The molecule has 2 N–H and O–H groups in total. The van der Waals surface area contributed by atoms with Crippen LogP contribution < -0.4 is 10.0 Å². The van der Waals surface area contributed by atoms with E-state index in [0.29, 0.717) is 5.69 Å². The van der Waals surface area contributed by atoms with Crippen LogP contribution in [-0.4, -0.2) is 26.9 Å². The van der Waals surface area contributed by atoms with Gasteiger partial charge in [-0.1, -0.05) is 13.8 Å². The Morgan fingerprint density at radius 2 is 2.00 bits per heavy atom. The number of anilines is 1. The predicted octanol–water partition coefficient (Wildman–Crippen LogP) is 1.57. The predicted molar refractivity (Wildman–Crippen MR) is 72.7 cm³/mol. The molecule has 19 heavy (non-hydrogen) atoms. The SMILES string of the molecule is CNc1ccc([N+](=O)[O-])cc1S(=O)(=O)NCC(C)C. The van der Waals surface area contributed by atoms with E-state index >= 15 is 0 Å². The van der Waals surface area contributed by atoms with Gasteiger partial charge in [0.05, 0.1) is 10.6 Å². The van der Waals surface area contributed by atoms with E-state index in [1.54, 1.807) is 7.05 Å². The van der Waals surface area contributed by atoms with Gasteiger partial charge in [-0.25, -0.2) is 13.1 Å². The van der Waals surface area contributed by atoms with Gasteiger partial charge in [0.1, 0.15) is 4.90 Å². The van der Waals surface area contributed by atoms with Crippen LogP contribution in [0.4, 0.5) is 11.4 Å². The molecule has 0 bridgehead atoms. The summed E-state index contributed by atoms with van der Waals surface area (Å²) < 4.78 is 26.7. The van der Waals surface area contributed by atoms with Crippen molar-refractivity contribution in [2.45, 2.75) is 18.7 Å². The zero-order valence-electron chi connectivity index (χ0n) is 11.0. The van der Waals surface area contributed by atoms with E-state index in [2.05, 4.69) is 10.0 Å². The summed E-state index contributed by atoms with van der Waals surface area (Å²) in [5, 5.41) is 13.4. The lowest BCUT2D eigenvalue weighted by Crippen LogP contribution is -2.28. The first-order valence-corrected chi connectivity index (χ1v) is 7.22. The molecule has 1 rings (SSSR count). The van der Waals surface area contributed by atoms with Crippen molar-refractivity contribution in [3.8, 4) is 0 Å². The quantitative estimate of drug-likeness (QED) is 0.611. The van der Waals surface area contributed by atoms with Crippen LogP contribution in [0.5, 0.6) is 0 Å². The van der Waals surface area contributed by atoms with Gasteiger partial charge >= 0.3 is 0 Å². The first-order chi connectivity index (χ1) is 8.77. The van der Waals surface area contributed by atoms with Crippen LogP contribution in [0.25, 0.3) is 0 Å². The number of nitro benzene ring substituents is 1. The van der Waals surface area contributed by atoms with Crippen LogP contribution >= 0.6 is 0 Å². The Balaban J connectivity index is 3.22. The van der Waals surface area contributed by atoms with E-state index < -0.39 is 14.9 Å². The van der Waals surface area contributed by atoms with E-state index in [1.165, 1.54) is 12.1 Å². The third-order valence-electron chi connectivity index (χ3n) is 2.42. The first kappa shape index (κ1) is 15.4. The number of hydrogen-bond acceptors (Lipinski definition) is 5. The molecule has 0 fully saturated rings. The van der Waals surface area contributed by atoms with Crippen LogP contribution in [0.2, 0.25) is 0 Å². The fourth-order valence-corrected chi connectivity index (χ4v) is 2.85. The molecule has 0 heterocycles. The number of nitrogens with one attached hydrogen (secondary N) is 2. The topological polar surface area (TPSA) is 101 Å². The normalized spacial score (nSPS) is 11.6. The summed E-state index contributed by atoms with van der Waals surface area (Å²) in [6.07, 6.45) is 0. The van der Waals surface area contributed by atoms with Crippen molar-refractivity contribution in [3.63, 3.8) is 0 Å². The maximum absolute atomic E-state index is 12.1. The van der Waals surface area contributed by atoms with Gasteiger partial charge in [0, 0.05) is 25.7 Å². The first-order valence-electron chi connectivity index (χ1n) is 5.73. The lowest BCUT2D eigenvalue weighted by molar-refractivity contribution is -0.385. The van der Waals surface area contributed by atoms with Crippen molar-refractivity contribution in [2.24, 2.45) is 5.92 Å². The van der Waals surface area contributed by atoms with Crippen LogP contribution in [0, 0.1) is 16.0 Å². The van der Waals surface area contributed by atoms with Crippen LogP contribution in [0.3, 0.4) is 0 Å². The van der Waals surface area contributed by atoms with Gasteiger partial charge in [-0.15, -0.1) is 0 Å². The summed E-state index contributed by atoms with van der Waals surface area (Å²) >= 11 is 0. The smallest absolute Gasteiger partial charge is 0.270 e. The Kier molecular flexibility index (Phi) is 4.84. The molecule has 7 nitrogen and oxygen atoms in total. The Labute approximate surface area is 112 Å². The Hall–Kier alpha value is -1.67. The summed E-state index contributed by atoms with van der Waals surface area (Å²) in [6, 6.07) is 3.68. The number of nitrogens with zero attached hydrogens (tertiary/aromatic N) is 1. The fourth-order valence-electron chi connectivity index (χ4n) is 1.41. The molecule has 0 aromatic heterocycles. The van der Waals surface area contributed by atoms with Crippen molar-refractivity contribution < 1.29 is 13.3 Å². The monoisotopic (exact) mass is 287 g/mol. The minimum atomic E-state index is -3.77. The van der Waals surface area contributed by atoms with Gasteiger partial charge in [0.25, 0.3) is 5.69 Å². The third-order valence-corrected chi connectivity index (χ3v) is 3.88. The highest BCUT2D eigenvalue weighted by Crippen LogP contribution is 2.25. The van der Waals surface area contributed by atoms with E-state index in [-0.39, 0.29) is 23.0 Å². The van der Waals surface area contributed by atoms with Crippen molar-refractivity contribution in [2.75, 3.05) is 18.9 Å². The number of non-ortho nitro benzene ring substituents is 1. The number of rotatable bonds is 6. The second kappa shape index (κ2) is 5.98. The van der Waals surface area contributed by atoms with Crippen LogP contribution in [-0.2, 0) is 10.0 Å².